The van der Waals surface area contributed by atoms with Gasteiger partial charge in [0, 0.05) is 40.8 Å². The number of nitrogens with zero attached hydrogens (tertiary/aromatic N) is 3. The van der Waals surface area contributed by atoms with E-state index in [4.69, 9.17) is 9.47 Å². The molecule has 1 aliphatic rings. The SMILES string of the molecule is CC[C@H](C)[C@@H]([C@@H](CC(=O)N1CCC[C@H]1[C@H](OC)[C@@H](C)C(=O)N[C@@](C=O)(Cc1ccccc1)NCCCO)OC)N(C)C(=O)CNC(=O)[C@H](C(C)C)N(C)C. The Hall–Kier alpha value is -3.43. The number of aldehydes is 1. The topological polar surface area (TPSA) is 170 Å². The Morgan fingerprint density at radius 1 is 1.04 bits per heavy atom. The van der Waals surface area contributed by atoms with Crippen LogP contribution in [0.25, 0.3) is 0 Å². The van der Waals surface area contributed by atoms with Gasteiger partial charge in [0.1, 0.15) is 0 Å². The maximum absolute atomic E-state index is 14.1. The Kier molecular flexibility index (Phi) is 19.8. The number of rotatable bonds is 24. The molecule has 14 nitrogen and oxygen atoms in total. The number of carbonyl (C=O) groups is 5. The standard InChI is InChI=1S/C40H68N6O8/c1-11-28(4)36(45(8)34(50)25-41-39(52)35(27(2)3)44(6)7)32(53-9)23-33(49)46-21-15-19-31(46)37(54-10)29(5)38(51)43-40(26-48,42-20-16-22-47)24-30-17-13-12-14-18-30/h12-14,17-18,26-29,31-32,35-37,42,47H,11,15-16,19-25H2,1-10H3,(H,41,52)(H,43,51)/t28-,29+,31-,32+,35-,36-,37+,40+/m0/s1. The lowest BCUT2D eigenvalue weighted by molar-refractivity contribution is -0.146. The molecule has 0 spiro atoms. The van der Waals surface area contributed by atoms with Crippen molar-refractivity contribution < 1.29 is 38.6 Å². The molecule has 0 aromatic heterocycles. The molecule has 1 fully saturated rings. The van der Waals surface area contributed by atoms with Crippen molar-refractivity contribution in [2.75, 3.05) is 61.6 Å². The average molecular weight is 761 g/mol. The highest BCUT2D eigenvalue weighted by atomic mass is 16.5. The first-order chi connectivity index (χ1) is 25.6. The molecule has 2 rings (SSSR count). The van der Waals surface area contributed by atoms with E-state index in [0.29, 0.717) is 38.6 Å². The molecule has 0 unspecified atom stereocenters. The predicted molar refractivity (Wildman–Crippen MR) is 208 cm³/mol. The molecule has 1 aromatic carbocycles. The van der Waals surface area contributed by atoms with E-state index in [1.807, 2.05) is 77.0 Å². The summed E-state index contributed by atoms with van der Waals surface area (Å²) in [7, 11) is 8.40. The number of carbonyl (C=O) groups excluding carboxylic acids is 5. The van der Waals surface area contributed by atoms with Crippen molar-refractivity contribution in [1.82, 2.24) is 30.7 Å². The minimum Gasteiger partial charge on any atom is -0.396 e. The molecule has 0 radical (unpaired) electrons. The number of hydrogen-bond donors (Lipinski definition) is 4. The second-order valence-corrected chi connectivity index (χ2v) is 15.3. The summed E-state index contributed by atoms with van der Waals surface area (Å²) in [5.74, 6) is -1.81. The van der Waals surface area contributed by atoms with Crippen molar-refractivity contribution in [3.63, 3.8) is 0 Å². The van der Waals surface area contributed by atoms with Crippen LogP contribution in [0.2, 0.25) is 0 Å². The zero-order valence-corrected chi connectivity index (χ0v) is 34.3. The van der Waals surface area contributed by atoms with Crippen LogP contribution in [0.3, 0.4) is 0 Å². The normalized spacial score (nSPS) is 19.0. The number of hydrogen-bond acceptors (Lipinski definition) is 10. The lowest BCUT2D eigenvalue weighted by Gasteiger charge is -2.39. The summed E-state index contributed by atoms with van der Waals surface area (Å²) < 4.78 is 11.9. The lowest BCUT2D eigenvalue weighted by atomic mass is 9.90. The number of nitrogens with one attached hydrogen (secondary N) is 3. The number of methoxy groups -OCH3 is 2. The summed E-state index contributed by atoms with van der Waals surface area (Å²) in [6.07, 6.45) is 2.03. The van der Waals surface area contributed by atoms with Crippen LogP contribution in [-0.2, 0) is 39.9 Å². The Labute approximate surface area is 323 Å². The predicted octanol–water partition coefficient (Wildman–Crippen LogP) is 1.84. The Bertz CT molecular complexity index is 1320. The van der Waals surface area contributed by atoms with Gasteiger partial charge < -0.3 is 35.0 Å². The van der Waals surface area contributed by atoms with E-state index in [1.54, 1.807) is 23.8 Å². The quantitative estimate of drug-likeness (QED) is 0.0693. The molecule has 1 heterocycles. The molecule has 0 aliphatic carbocycles. The molecule has 14 heteroatoms. The van der Waals surface area contributed by atoms with Gasteiger partial charge in [-0.2, -0.15) is 0 Å². The van der Waals surface area contributed by atoms with Gasteiger partial charge in [-0.05, 0) is 57.3 Å². The number of likely N-dealkylation sites (N-methyl/N-ethyl adjacent to an activating group) is 2. The maximum Gasteiger partial charge on any atom is 0.242 e. The fourth-order valence-electron chi connectivity index (χ4n) is 7.76. The number of ether oxygens (including phenoxy) is 2. The molecule has 306 valence electrons. The Morgan fingerprint density at radius 3 is 2.24 bits per heavy atom. The molecule has 1 aliphatic heterocycles. The molecular formula is C40H68N6O8. The fourth-order valence-corrected chi connectivity index (χ4v) is 7.76. The first kappa shape index (κ1) is 46.7. The summed E-state index contributed by atoms with van der Waals surface area (Å²) in [6.45, 7) is 10.2. The first-order valence-corrected chi connectivity index (χ1v) is 19.3. The van der Waals surface area contributed by atoms with Gasteiger partial charge in [-0.25, -0.2) is 0 Å². The van der Waals surface area contributed by atoms with Gasteiger partial charge in [0.2, 0.25) is 23.6 Å². The maximum atomic E-state index is 14.1. The molecule has 4 amide bonds. The summed E-state index contributed by atoms with van der Waals surface area (Å²) in [5.41, 5.74) is -0.578. The fraction of sp³-hybridized carbons (Fsp3) is 0.725. The van der Waals surface area contributed by atoms with Gasteiger partial charge in [0.15, 0.2) is 11.9 Å². The minimum atomic E-state index is -1.42. The van der Waals surface area contributed by atoms with Gasteiger partial charge in [-0.1, -0.05) is 71.4 Å². The lowest BCUT2D eigenvalue weighted by Crippen LogP contribution is -2.64. The van der Waals surface area contributed by atoms with E-state index in [2.05, 4.69) is 16.0 Å². The second-order valence-electron chi connectivity index (χ2n) is 15.3. The molecule has 1 aromatic rings. The molecule has 8 atom stereocenters. The smallest absolute Gasteiger partial charge is 0.242 e. The highest BCUT2D eigenvalue weighted by Crippen LogP contribution is 2.29. The molecule has 0 saturated carbocycles. The third kappa shape index (κ3) is 12.8. The van der Waals surface area contributed by atoms with Gasteiger partial charge in [-0.15, -0.1) is 0 Å². The number of benzene rings is 1. The van der Waals surface area contributed by atoms with Crippen LogP contribution in [0.1, 0.15) is 72.3 Å². The van der Waals surface area contributed by atoms with E-state index in [9.17, 15) is 29.1 Å². The highest BCUT2D eigenvalue weighted by molar-refractivity contribution is 5.88. The summed E-state index contributed by atoms with van der Waals surface area (Å²) >= 11 is 0. The first-order valence-electron chi connectivity index (χ1n) is 19.3. The van der Waals surface area contributed by atoms with Crippen molar-refractivity contribution >= 4 is 29.9 Å². The van der Waals surface area contributed by atoms with Crippen LogP contribution in [0.15, 0.2) is 30.3 Å². The summed E-state index contributed by atoms with van der Waals surface area (Å²) in [6, 6.07) is 8.10. The van der Waals surface area contributed by atoms with E-state index >= 15 is 0 Å². The van der Waals surface area contributed by atoms with Gasteiger partial charge in [0.05, 0.1) is 49.2 Å². The van der Waals surface area contributed by atoms with Crippen LogP contribution >= 0.6 is 0 Å². The van der Waals surface area contributed by atoms with Crippen molar-refractivity contribution in [3.05, 3.63) is 35.9 Å². The van der Waals surface area contributed by atoms with Crippen molar-refractivity contribution in [3.8, 4) is 0 Å². The van der Waals surface area contributed by atoms with Crippen molar-refractivity contribution in [2.45, 2.75) is 109 Å². The number of aliphatic hydroxyl groups is 1. The zero-order chi connectivity index (χ0) is 40.6. The van der Waals surface area contributed by atoms with Gasteiger partial charge >= 0.3 is 0 Å². The number of amides is 4. The van der Waals surface area contributed by atoms with Crippen LogP contribution in [-0.4, -0.2) is 147 Å². The van der Waals surface area contributed by atoms with Crippen molar-refractivity contribution in [2.24, 2.45) is 17.8 Å². The summed E-state index contributed by atoms with van der Waals surface area (Å²) in [5, 5.41) is 18.2. The van der Waals surface area contributed by atoms with E-state index in [-0.39, 0.29) is 61.6 Å². The van der Waals surface area contributed by atoms with Crippen LogP contribution < -0.4 is 16.0 Å². The van der Waals surface area contributed by atoms with E-state index < -0.39 is 41.8 Å². The minimum absolute atomic E-state index is 0.000837. The molecular weight excluding hydrogens is 692 g/mol. The van der Waals surface area contributed by atoms with Gasteiger partial charge in [-0.3, -0.25) is 34.2 Å². The van der Waals surface area contributed by atoms with Crippen molar-refractivity contribution in [1.29, 1.82) is 0 Å². The third-order valence-corrected chi connectivity index (χ3v) is 10.8. The molecule has 1 saturated heterocycles. The Morgan fingerprint density at radius 2 is 1.70 bits per heavy atom. The summed E-state index contributed by atoms with van der Waals surface area (Å²) in [4.78, 5) is 72.3. The van der Waals surface area contributed by atoms with E-state index in [1.165, 1.54) is 14.2 Å². The van der Waals surface area contributed by atoms with Gasteiger partial charge in [0.25, 0.3) is 0 Å². The molecule has 0 bridgehead atoms. The molecule has 54 heavy (non-hydrogen) atoms. The highest BCUT2D eigenvalue weighted by Gasteiger charge is 2.43. The van der Waals surface area contributed by atoms with Crippen LogP contribution in [0.4, 0.5) is 0 Å². The largest absolute Gasteiger partial charge is 0.396 e. The monoisotopic (exact) mass is 761 g/mol. The average Bonchev–Trinajstić information content (AvgIpc) is 3.63. The Balaban J connectivity index is 2.24. The van der Waals surface area contributed by atoms with Crippen LogP contribution in [0.5, 0.6) is 0 Å². The zero-order valence-electron chi connectivity index (χ0n) is 34.3. The van der Waals surface area contributed by atoms with Crippen LogP contribution in [0, 0.1) is 17.8 Å². The number of likely N-dealkylation sites (tertiary alicyclic amines) is 1. The number of aliphatic hydroxyl groups excluding tert-OH is 1. The third-order valence-electron chi connectivity index (χ3n) is 10.8. The molecule has 4 N–H and O–H groups in total. The van der Waals surface area contributed by atoms with E-state index in [0.717, 1.165) is 12.0 Å². The second kappa shape index (κ2) is 22.8.